The minimum atomic E-state index is -0.425. The highest BCUT2D eigenvalue weighted by atomic mass is 16.5. The van der Waals surface area contributed by atoms with Gasteiger partial charge in [-0.25, -0.2) is 0 Å². The van der Waals surface area contributed by atoms with Crippen LogP contribution < -0.4 is 0 Å². The van der Waals surface area contributed by atoms with Gasteiger partial charge in [-0.05, 0) is 26.5 Å². The van der Waals surface area contributed by atoms with Crippen LogP contribution in [-0.4, -0.2) is 42.4 Å². The Morgan fingerprint density at radius 2 is 1.88 bits per heavy atom. The van der Waals surface area contributed by atoms with Crippen LogP contribution in [0.4, 0.5) is 0 Å². The SMILES string of the molecule is CC(C)N(C)CC(O)COCc1ccccc1. The van der Waals surface area contributed by atoms with Crippen molar-refractivity contribution in [2.75, 3.05) is 20.2 Å². The van der Waals surface area contributed by atoms with E-state index >= 15 is 0 Å². The number of nitrogens with zero attached hydrogens (tertiary/aromatic N) is 1. The predicted molar refractivity (Wildman–Crippen MR) is 69.9 cm³/mol. The van der Waals surface area contributed by atoms with Crippen LogP contribution in [0.25, 0.3) is 0 Å². The van der Waals surface area contributed by atoms with Crippen molar-refractivity contribution >= 4 is 0 Å². The van der Waals surface area contributed by atoms with E-state index in [9.17, 15) is 5.11 Å². The van der Waals surface area contributed by atoms with E-state index in [2.05, 4.69) is 18.7 Å². The Morgan fingerprint density at radius 1 is 1.24 bits per heavy atom. The van der Waals surface area contributed by atoms with Gasteiger partial charge in [0.15, 0.2) is 0 Å². The quantitative estimate of drug-likeness (QED) is 0.786. The van der Waals surface area contributed by atoms with E-state index in [-0.39, 0.29) is 0 Å². The molecule has 0 aliphatic heterocycles. The lowest BCUT2D eigenvalue weighted by molar-refractivity contribution is 0.00973. The smallest absolute Gasteiger partial charge is 0.0900 e. The van der Waals surface area contributed by atoms with Crippen molar-refractivity contribution < 1.29 is 9.84 Å². The van der Waals surface area contributed by atoms with Crippen LogP contribution in [0.3, 0.4) is 0 Å². The zero-order chi connectivity index (χ0) is 12.7. The molecular formula is C14H23NO2. The summed E-state index contributed by atoms with van der Waals surface area (Å²) in [5.74, 6) is 0. The fourth-order valence-corrected chi connectivity index (χ4v) is 1.48. The van der Waals surface area contributed by atoms with Gasteiger partial charge in [0.25, 0.3) is 0 Å². The van der Waals surface area contributed by atoms with Gasteiger partial charge >= 0.3 is 0 Å². The molecule has 3 heteroatoms. The van der Waals surface area contributed by atoms with E-state index in [0.717, 1.165) is 5.56 Å². The fourth-order valence-electron chi connectivity index (χ4n) is 1.48. The predicted octanol–water partition coefficient (Wildman–Crippen LogP) is 1.90. The lowest BCUT2D eigenvalue weighted by atomic mass is 10.2. The average Bonchev–Trinajstić information content (AvgIpc) is 2.30. The molecule has 0 spiro atoms. The molecule has 1 unspecified atom stereocenters. The number of benzene rings is 1. The summed E-state index contributed by atoms with van der Waals surface area (Å²) in [4.78, 5) is 2.11. The Morgan fingerprint density at radius 3 is 2.47 bits per heavy atom. The molecule has 0 amide bonds. The molecule has 1 aromatic carbocycles. The lowest BCUT2D eigenvalue weighted by Gasteiger charge is -2.23. The highest BCUT2D eigenvalue weighted by Crippen LogP contribution is 2.02. The summed E-state index contributed by atoms with van der Waals surface area (Å²) >= 11 is 0. The zero-order valence-electron chi connectivity index (χ0n) is 11.0. The first-order chi connectivity index (χ1) is 8.09. The van der Waals surface area contributed by atoms with Crippen LogP contribution in [-0.2, 0) is 11.3 Å². The summed E-state index contributed by atoms with van der Waals surface area (Å²) in [7, 11) is 2.01. The van der Waals surface area contributed by atoms with Gasteiger partial charge in [-0.1, -0.05) is 30.3 Å². The molecule has 3 nitrogen and oxygen atoms in total. The first kappa shape index (κ1) is 14.2. The molecule has 1 N–H and O–H groups in total. The third kappa shape index (κ3) is 5.82. The van der Waals surface area contributed by atoms with Gasteiger partial charge in [0.2, 0.25) is 0 Å². The molecule has 0 aliphatic rings. The number of hydrogen-bond acceptors (Lipinski definition) is 3. The summed E-state index contributed by atoms with van der Waals surface area (Å²) in [6, 6.07) is 10.4. The second-order valence-electron chi connectivity index (χ2n) is 4.69. The highest BCUT2D eigenvalue weighted by molar-refractivity contribution is 5.13. The Balaban J connectivity index is 2.18. The maximum atomic E-state index is 9.78. The summed E-state index contributed by atoms with van der Waals surface area (Å²) < 4.78 is 5.49. The van der Waals surface area contributed by atoms with Gasteiger partial charge in [-0.2, -0.15) is 0 Å². The summed E-state index contributed by atoms with van der Waals surface area (Å²) in [5.41, 5.74) is 1.14. The van der Waals surface area contributed by atoms with Gasteiger partial charge in [0.1, 0.15) is 0 Å². The van der Waals surface area contributed by atoms with Crippen molar-refractivity contribution in [3.05, 3.63) is 35.9 Å². The molecule has 96 valence electrons. The van der Waals surface area contributed by atoms with E-state index in [1.807, 2.05) is 37.4 Å². The Kier molecular flexibility index (Phi) is 6.19. The summed E-state index contributed by atoms with van der Waals surface area (Å²) in [5, 5.41) is 9.78. The lowest BCUT2D eigenvalue weighted by Crippen LogP contribution is -2.36. The van der Waals surface area contributed by atoms with Crippen molar-refractivity contribution in [2.24, 2.45) is 0 Å². The van der Waals surface area contributed by atoms with Gasteiger partial charge in [0, 0.05) is 12.6 Å². The van der Waals surface area contributed by atoms with E-state index in [1.54, 1.807) is 0 Å². The Bertz CT molecular complexity index is 300. The van der Waals surface area contributed by atoms with E-state index in [1.165, 1.54) is 0 Å². The molecule has 1 atom stereocenters. The zero-order valence-corrected chi connectivity index (χ0v) is 11.0. The van der Waals surface area contributed by atoms with E-state index in [4.69, 9.17) is 4.74 Å². The second-order valence-corrected chi connectivity index (χ2v) is 4.69. The van der Waals surface area contributed by atoms with Crippen molar-refractivity contribution in [2.45, 2.75) is 32.6 Å². The average molecular weight is 237 g/mol. The molecule has 0 fully saturated rings. The van der Waals surface area contributed by atoms with E-state index in [0.29, 0.717) is 25.8 Å². The van der Waals surface area contributed by atoms with Crippen LogP contribution in [0.5, 0.6) is 0 Å². The van der Waals surface area contributed by atoms with Gasteiger partial charge in [-0.15, -0.1) is 0 Å². The molecule has 0 aliphatic carbocycles. The highest BCUT2D eigenvalue weighted by Gasteiger charge is 2.10. The largest absolute Gasteiger partial charge is 0.389 e. The van der Waals surface area contributed by atoms with Crippen molar-refractivity contribution in [3.63, 3.8) is 0 Å². The minimum absolute atomic E-state index is 0.381. The van der Waals surface area contributed by atoms with Gasteiger partial charge < -0.3 is 14.7 Å². The fraction of sp³-hybridized carbons (Fsp3) is 0.571. The molecular weight excluding hydrogens is 214 g/mol. The van der Waals surface area contributed by atoms with Crippen LogP contribution in [0, 0.1) is 0 Å². The first-order valence-corrected chi connectivity index (χ1v) is 6.09. The maximum Gasteiger partial charge on any atom is 0.0900 e. The summed E-state index contributed by atoms with van der Waals surface area (Å²) in [6.07, 6.45) is -0.425. The summed E-state index contributed by atoms with van der Waals surface area (Å²) in [6.45, 7) is 5.80. The number of aliphatic hydroxyl groups excluding tert-OH is 1. The molecule has 1 rings (SSSR count). The molecule has 0 bridgehead atoms. The van der Waals surface area contributed by atoms with Crippen LogP contribution >= 0.6 is 0 Å². The van der Waals surface area contributed by atoms with Crippen LogP contribution in [0.2, 0.25) is 0 Å². The number of ether oxygens (including phenoxy) is 1. The molecule has 0 saturated heterocycles. The maximum absolute atomic E-state index is 9.78. The number of rotatable bonds is 7. The standard InChI is InChI=1S/C14H23NO2/c1-12(2)15(3)9-14(16)11-17-10-13-7-5-4-6-8-13/h4-8,12,14,16H,9-11H2,1-3H3. The second kappa shape index (κ2) is 7.43. The van der Waals surface area contributed by atoms with Crippen LogP contribution in [0.15, 0.2) is 30.3 Å². The van der Waals surface area contributed by atoms with Crippen molar-refractivity contribution in [3.8, 4) is 0 Å². The molecule has 0 saturated carbocycles. The Hall–Kier alpha value is -0.900. The third-order valence-electron chi connectivity index (χ3n) is 2.80. The number of aliphatic hydroxyl groups is 1. The van der Waals surface area contributed by atoms with Gasteiger partial charge in [-0.3, -0.25) is 0 Å². The number of hydrogen-bond donors (Lipinski definition) is 1. The van der Waals surface area contributed by atoms with Gasteiger partial charge in [0.05, 0.1) is 19.3 Å². The Labute approximate surface area is 104 Å². The number of likely N-dealkylation sites (N-methyl/N-ethyl adjacent to an activating group) is 1. The topological polar surface area (TPSA) is 32.7 Å². The molecule has 17 heavy (non-hydrogen) atoms. The van der Waals surface area contributed by atoms with E-state index < -0.39 is 6.10 Å². The van der Waals surface area contributed by atoms with Crippen molar-refractivity contribution in [1.82, 2.24) is 4.90 Å². The third-order valence-corrected chi connectivity index (χ3v) is 2.80. The normalized spacial score (nSPS) is 13.3. The molecule has 0 aromatic heterocycles. The molecule has 0 heterocycles. The first-order valence-electron chi connectivity index (χ1n) is 6.09. The minimum Gasteiger partial charge on any atom is -0.389 e. The van der Waals surface area contributed by atoms with Crippen LogP contribution in [0.1, 0.15) is 19.4 Å². The molecule has 1 aromatic rings. The monoisotopic (exact) mass is 237 g/mol. The van der Waals surface area contributed by atoms with Crippen molar-refractivity contribution in [1.29, 1.82) is 0 Å². The molecule has 0 radical (unpaired) electrons.